The first-order valence-corrected chi connectivity index (χ1v) is 6.51. The molecule has 0 unspecified atom stereocenters. The smallest absolute Gasteiger partial charge is 0.240 e. The maximum atomic E-state index is 12.3. The summed E-state index contributed by atoms with van der Waals surface area (Å²) in [4.78, 5) is 14.1. The lowest BCUT2D eigenvalue weighted by molar-refractivity contribution is -0.132. The lowest BCUT2D eigenvalue weighted by Gasteiger charge is -2.28. The van der Waals surface area contributed by atoms with E-state index in [1.807, 2.05) is 12.1 Å². The van der Waals surface area contributed by atoms with Crippen LogP contribution >= 0.6 is 0 Å². The van der Waals surface area contributed by atoms with Gasteiger partial charge < -0.3 is 15.3 Å². The molecule has 2 aliphatic heterocycles. The number of rotatable bonds is 1. The first-order chi connectivity index (χ1) is 8.74. The molecule has 0 aromatic heterocycles. The van der Waals surface area contributed by atoms with Gasteiger partial charge in [-0.3, -0.25) is 4.79 Å². The molecule has 96 valence electrons. The molecule has 4 nitrogen and oxygen atoms in total. The number of carbonyl (C=O) groups is 1. The number of nitrogens with zero attached hydrogens (tertiary/aromatic N) is 1. The second kappa shape index (κ2) is 4.71. The number of amides is 1. The van der Waals surface area contributed by atoms with Gasteiger partial charge in [-0.25, -0.2) is 0 Å². The van der Waals surface area contributed by atoms with Gasteiger partial charge in [0, 0.05) is 19.6 Å². The van der Waals surface area contributed by atoms with Crippen LogP contribution in [0.2, 0.25) is 0 Å². The molecule has 3 rings (SSSR count). The Kier molecular flexibility index (Phi) is 3.06. The van der Waals surface area contributed by atoms with Crippen molar-refractivity contribution in [3.8, 4) is 0 Å². The van der Waals surface area contributed by atoms with Gasteiger partial charge in [0.1, 0.15) is 0 Å². The van der Waals surface area contributed by atoms with Crippen LogP contribution in [0, 0.1) is 0 Å². The maximum absolute atomic E-state index is 12.3. The standard InChI is InChI=1S/C14H18N2O2/c17-12-5-6-16(9-12)14(18)13-7-10-3-1-2-4-11(10)8-15-13/h1-4,12-13,15,17H,5-9H2/t12-,13-/m1/s1. The molecule has 0 spiro atoms. The van der Waals surface area contributed by atoms with Crippen LogP contribution in [0.25, 0.3) is 0 Å². The van der Waals surface area contributed by atoms with E-state index in [1.54, 1.807) is 4.90 Å². The first-order valence-electron chi connectivity index (χ1n) is 6.51. The molecule has 1 fully saturated rings. The van der Waals surface area contributed by atoms with E-state index >= 15 is 0 Å². The third kappa shape index (κ3) is 2.13. The van der Waals surface area contributed by atoms with Crippen molar-refractivity contribution in [2.75, 3.05) is 13.1 Å². The minimum absolute atomic E-state index is 0.126. The van der Waals surface area contributed by atoms with Gasteiger partial charge in [0.25, 0.3) is 0 Å². The van der Waals surface area contributed by atoms with E-state index in [0.717, 1.165) is 13.0 Å². The fourth-order valence-corrected chi connectivity index (χ4v) is 2.79. The summed E-state index contributed by atoms with van der Waals surface area (Å²) in [5.74, 6) is 0.126. The van der Waals surface area contributed by atoms with Gasteiger partial charge in [0.2, 0.25) is 5.91 Å². The zero-order valence-corrected chi connectivity index (χ0v) is 10.3. The van der Waals surface area contributed by atoms with Crippen LogP contribution in [0.3, 0.4) is 0 Å². The number of aliphatic hydroxyl groups is 1. The predicted molar refractivity (Wildman–Crippen MR) is 68.0 cm³/mol. The Labute approximate surface area is 107 Å². The van der Waals surface area contributed by atoms with Crippen LogP contribution in [-0.4, -0.2) is 41.1 Å². The van der Waals surface area contributed by atoms with Gasteiger partial charge in [-0.15, -0.1) is 0 Å². The van der Waals surface area contributed by atoms with Crippen LogP contribution in [0.1, 0.15) is 17.5 Å². The zero-order chi connectivity index (χ0) is 12.5. The lowest BCUT2D eigenvalue weighted by atomic mass is 9.95. The lowest BCUT2D eigenvalue weighted by Crippen LogP contribution is -2.48. The maximum Gasteiger partial charge on any atom is 0.240 e. The Morgan fingerprint density at radius 1 is 1.33 bits per heavy atom. The minimum atomic E-state index is -0.343. The summed E-state index contributed by atoms with van der Waals surface area (Å²) in [5, 5.41) is 12.8. The van der Waals surface area contributed by atoms with Crippen molar-refractivity contribution < 1.29 is 9.90 Å². The molecular formula is C14H18N2O2. The van der Waals surface area contributed by atoms with E-state index in [1.165, 1.54) is 11.1 Å². The summed E-state index contributed by atoms with van der Waals surface area (Å²) >= 11 is 0. The molecule has 1 amide bonds. The van der Waals surface area contributed by atoms with E-state index in [0.29, 0.717) is 19.5 Å². The van der Waals surface area contributed by atoms with Crippen molar-refractivity contribution in [1.29, 1.82) is 0 Å². The van der Waals surface area contributed by atoms with Gasteiger partial charge in [-0.1, -0.05) is 24.3 Å². The zero-order valence-electron chi connectivity index (χ0n) is 10.3. The molecule has 1 aromatic rings. The average Bonchev–Trinajstić information content (AvgIpc) is 2.84. The molecule has 18 heavy (non-hydrogen) atoms. The minimum Gasteiger partial charge on any atom is -0.391 e. The number of carbonyl (C=O) groups excluding carboxylic acids is 1. The number of hydrogen-bond acceptors (Lipinski definition) is 3. The Hall–Kier alpha value is -1.39. The average molecular weight is 246 g/mol. The second-order valence-corrected chi connectivity index (χ2v) is 5.13. The summed E-state index contributed by atoms with van der Waals surface area (Å²) in [7, 11) is 0. The molecule has 0 bridgehead atoms. The van der Waals surface area contributed by atoms with Gasteiger partial charge in [0.15, 0.2) is 0 Å². The van der Waals surface area contributed by atoms with Crippen molar-refractivity contribution in [1.82, 2.24) is 10.2 Å². The summed E-state index contributed by atoms with van der Waals surface area (Å²) in [6, 6.07) is 8.10. The summed E-state index contributed by atoms with van der Waals surface area (Å²) in [5.41, 5.74) is 2.54. The number of fused-ring (bicyclic) bond motifs is 1. The number of β-amino-alcohol motifs (C(OH)–C–C–N with tert-alkyl or cyclic N) is 1. The van der Waals surface area contributed by atoms with E-state index < -0.39 is 0 Å². The third-order valence-corrected chi connectivity index (χ3v) is 3.85. The highest BCUT2D eigenvalue weighted by Gasteiger charge is 2.31. The van der Waals surface area contributed by atoms with Gasteiger partial charge in [-0.05, 0) is 24.0 Å². The monoisotopic (exact) mass is 246 g/mol. The third-order valence-electron chi connectivity index (χ3n) is 3.85. The van der Waals surface area contributed by atoms with E-state index in [-0.39, 0.29) is 18.1 Å². The highest BCUT2D eigenvalue weighted by atomic mass is 16.3. The molecule has 4 heteroatoms. The van der Waals surface area contributed by atoms with Crippen LogP contribution in [-0.2, 0) is 17.8 Å². The molecule has 2 aliphatic rings. The van der Waals surface area contributed by atoms with Crippen molar-refractivity contribution >= 4 is 5.91 Å². The fraction of sp³-hybridized carbons (Fsp3) is 0.500. The van der Waals surface area contributed by atoms with Gasteiger partial charge in [0.05, 0.1) is 12.1 Å². The normalized spacial score (nSPS) is 27.1. The van der Waals surface area contributed by atoms with Crippen LogP contribution in [0.4, 0.5) is 0 Å². The van der Waals surface area contributed by atoms with E-state index in [2.05, 4.69) is 17.4 Å². The van der Waals surface area contributed by atoms with Crippen LogP contribution in [0.5, 0.6) is 0 Å². The highest BCUT2D eigenvalue weighted by Crippen LogP contribution is 2.19. The largest absolute Gasteiger partial charge is 0.391 e. The second-order valence-electron chi connectivity index (χ2n) is 5.13. The molecule has 1 aromatic carbocycles. The topological polar surface area (TPSA) is 52.6 Å². The summed E-state index contributed by atoms with van der Waals surface area (Å²) in [6.45, 7) is 1.92. The van der Waals surface area contributed by atoms with Crippen molar-refractivity contribution in [2.45, 2.75) is 31.5 Å². The number of hydrogen-bond donors (Lipinski definition) is 2. The van der Waals surface area contributed by atoms with Crippen LogP contribution < -0.4 is 5.32 Å². The first kappa shape index (κ1) is 11.7. The number of aliphatic hydroxyl groups excluding tert-OH is 1. The molecule has 0 saturated carbocycles. The summed E-state index contributed by atoms with van der Waals surface area (Å²) in [6.07, 6.45) is 1.11. The Morgan fingerprint density at radius 2 is 2.11 bits per heavy atom. The van der Waals surface area contributed by atoms with Crippen molar-refractivity contribution in [2.24, 2.45) is 0 Å². The van der Waals surface area contributed by atoms with E-state index in [4.69, 9.17) is 0 Å². The van der Waals surface area contributed by atoms with Gasteiger partial charge >= 0.3 is 0 Å². The Morgan fingerprint density at radius 3 is 2.83 bits per heavy atom. The highest BCUT2D eigenvalue weighted by molar-refractivity contribution is 5.83. The van der Waals surface area contributed by atoms with E-state index in [9.17, 15) is 9.90 Å². The summed E-state index contributed by atoms with van der Waals surface area (Å²) < 4.78 is 0. The predicted octanol–water partition coefficient (Wildman–Crippen LogP) is 0.294. The quantitative estimate of drug-likeness (QED) is 0.749. The number of nitrogens with one attached hydrogen (secondary N) is 1. The fourth-order valence-electron chi connectivity index (χ4n) is 2.79. The van der Waals surface area contributed by atoms with Crippen molar-refractivity contribution in [3.05, 3.63) is 35.4 Å². The number of benzene rings is 1. The molecule has 0 radical (unpaired) electrons. The Bertz CT molecular complexity index is 461. The van der Waals surface area contributed by atoms with Gasteiger partial charge in [-0.2, -0.15) is 0 Å². The Balaban J connectivity index is 1.70. The van der Waals surface area contributed by atoms with Crippen LogP contribution in [0.15, 0.2) is 24.3 Å². The molecule has 0 aliphatic carbocycles. The molecular weight excluding hydrogens is 228 g/mol. The number of likely N-dealkylation sites (tertiary alicyclic amines) is 1. The SMILES string of the molecule is O=C([C@H]1Cc2ccccc2CN1)N1CC[C@@H](O)C1. The molecule has 2 atom stereocenters. The molecule has 2 heterocycles. The molecule has 2 N–H and O–H groups in total. The molecule has 1 saturated heterocycles. The van der Waals surface area contributed by atoms with Crippen molar-refractivity contribution in [3.63, 3.8) is 0 Å².